The van der Waals surface area contributed by atoms with Gasteiger partial charge in [-0.2, -0.15) is 0 Å². The number of carbonyl (C=O) groups is 2. The second kappa shape index (κ2) is 14.0. The summed E-state index contributed by atoms with van der Waals surface area (Å²) < 4.78 is 0. The first-order valence-corrected chi connectivity index (χ1v) is 3.97. The molecule has 88 valence electrons. The molecule has 5 nitrogen and oxygen atoms in total. The normalized spacial score (nSPS) is 10.0. The van der Waals surface area contributed by atoms with E-state index in [1.165, 1.54) is 27.7 Å². The molecule has 0 rings (SSSR count). The van der Waals surface area contributed by atoms with E-state index in [2.05, 4.69) is 0 Å². The maximum Gasteiger partial charge on any atom is 2.00 e. The van der Waals surface area contributed by atoms with Crippen LogP contribution in [0.2, 0.25) is 0 Å². The Balaban J connectivity index is -0.0000000800. The average molecular weight is 282 g/mol. The summed E-state index contributed by atoms with van der Waals surface area (Å²) in [5.41, 5.74) is 0. The molecule has 0 unspecified atom stereocenters. The van der Waals surface area contributed by atoms with E-state index in [4.69, 9.17) is 0 Å². The largest absolute Gasteiger partial charge is 2.00 e. The Kier molecular flexibility index (Phi) is 21.3. The van der Waals surface area contributed by atoms with Gasteiger partial charge in [-0.25, -0.2) is 0 Å². The van der Waals surface area contributed by atoms with E-state index in [1.54, 1.807) is 0 Å². The molecule has 0 bridgehead atoms. The van der Waals surface area contributed by atoms with Crippen molar-refractivity contribution < 1.29 is 44.8 Å². The van der Waals surface area contributed by atoms with E-state index >= 15 is 0 Å². The third-order valence-electron chi connectivity index (χ3n) is 0.813. The van der Waals surface area contributed by atoms with Crippen LogP contribution >= 0.6 is 0 Å². The maximum atomic E-state index is 9.98. The molecule has 0 aromatic carbocycles. The van der Waals surface area contributed by atoms with E-state index in [9.17, 15) is 19.8 Å². The molecule has 0 aromatic rings. The standard InChI is InChI=1S/2C5H8O2.H2O.Zn/c2*1-4(6)3-5(2)7;;/h2*3,6H,1-2H3;1H2;/q;;;+2/p-2. The molecule has 0 aliphatic rings. The fourth-order valence-electron chi connectivity index (χ4n) is 0.572. The zero-order valence-electron chi connectivity index (χ0n) is 9.99. The number of ketones is 2. The first-order valence-electron chi connectivity index (χ1n) is 3.97. The van der Waals surface area contributed by atoms with Crippen LogP contribution in [-0.4, -0.2) is 17.0 Å². The monoisotopic (exact) mass is 280 g/mol. The summed E-state index contributed by atoms with van der Waals surface area (Å²) in [4.78, 5) is 20.0. The van der Waals surface area contributed by atoms with Crippen molar-refractivity contribution in [1.82, 2.24) is 0 Å². The molecule has 0 saturated heterocycles. The Morgan fingerprint density at radius 1 is 0.812 bits per heavy atom. The van der Waals surface area contributed by atoms with Crippen molar-refractivity contribution in [1.29, 1.82) is 0 Å². The van der Waals surface area contributed by atoms with Crippen LogP contribution in [0.25, 0.3) is 0 Å². The Morgan fingerprint density at radius 3 is 1.00 bits per heavy atom. The van der Waals surface area contributed by atoms with Crippen molar-refractivity contribution in [3.8, 4) is 0 Å². The van der Waals surface area contributed by atoms with Gasteiger partial charge in [-0.15, -0.1) is 11.5 Å². The Morgan fingerprint density at radius 2 is 1.00 bits per heavy atom. The molecule has 0 atom stereocenters. The predicted octanol–water partition coefficient (Wildman–Crippen LogP) is -1.15. The summed E-state index contributed by atoms with van der Waals surface area (Å²) >= 11 is 0. The molecule has 0 aliphatic heterocycles. The molecule has 0 fully saturated rings. The van der Waals surface area contributed by atoms with E-state index in [1.807, 2.05) is 0 Å². The van der Waals surface area contributed by atoms with Gasteiger partial charge in [0.25, 0.3) is 0 Å². The molecule has 6 heteroatoms. The van der Waals surface area contributed by atoms with Gasteiger partial charge in [0.05, 0.1) is 0 Å². The molecule has 0 heterocycles. The molecular weight excluding hydrogens is 265 g/mol. The summed E-state index contributed by atoms with van der Waals surface area (Å²) in [5, 5.41) is 20.0. The van der Waals surface area contributed by atoms with Crippen molar-refractivity contribution in [2.75, 3.05) is 0 Å². The van der Waals surface area contributed by atoms with Crippen molar-refractivity contribution in [2.24, 2.45) is 0 Å². The van der Waals surface area contributed by atoms with Crippen LogP contribution in [0.15, 0.2) is 23.7 Å². The van der Waals surface area contributed by atoms with Crippen molar-refractivity contribution in [3.63, 3.8) is 0 Å². The molecule has 0 amide bonds. The van der Waals surface area contributed by atoms with Crippen LogP contribution in [0.1, 0.15) is 27.7 Å². The summed E-state index contributed by atoms with van der Waals surface area (Å²) in [7, 11) is 0. The van der Waals surface area contributed by atoms with Gasteiger partial charge < -0.3 is 15.7 Å². The maximum absolute atomic E-state index is 9.98. The van der Waals surface area contributed by atoms with Crippen LogP contribution in [0, 0.1) is 0 Å². The van der Waals surface area contributed by atoms with Gasteiger partial charge in [-0.1, -0.05) is 13.8 Å². The Bertz CT molecular complexity index is 232. The van der Waals surface area contributed by atoms with Crippen molar-refractivity contribution in [3.05, 3.63) is 23.7 Å². The first kappa shape index (κ1) is 24.3. The number of carbonyl (C=O) groups excluding carboxylic acids is 2. The van der Waals surface area contributed by atoms with Crippen LogP contribution in [0.3, 0.4) is 0 Å². The Hall–Kier alpha value is -0.997. The molecule has 0 aromatic heterocycles. The van der Waals surface area contributed by atoms with E-state index in [0.29, 0.717) is 0 Å². The molecule has 0 aliphatic carbocycles. The van der Waals surface area contributed by atoms with Crippen molar-refractivity contribution in [2.45, 2.75) is 27.7 Å². The minimum atomic E-state index is -0.187. The average Bonchev–Trinajstić information content (AvgIpc) is 1.79. The van der Waals surface area contributed by atoms with Gasteiger partial charge in [-0.3, -0.25) is 9.59 Å². The van der Waals surface area contributed by atoms with E-state index in [0.717, 1.165) is 12.2 Å². The van der Waals surface area contributed by atoms with Crippen LogP contribution < -0.4 is 10.2 Å². The summed E-state index contributed by atoms with van der Waals surface area (Å²) in [6.45, 7) is 5.39. The second-order valence-electron chi connectivity index (χ2n) is 2.73. The van der Waals surface area contributed by atoms with Crippen LogP contribution in [-0.2, 0) is 29.1 Å². The van der Waals surface area contributed by atoms with Gasteiger partial charge in [-0.05, 0) is 26.0 Å². The fourth-order valence-corrected chi connectivity index (χ4v) is 0.572. The summed E-state index contributed by atoms with van der Waals surface area (Å²) in [6, 6.07) is 0. The molecule has 0 saturated carbocycles. The second-order valence-corrected chi connectivity index (χ2v) is 2.73. The number of rotatable bonds is 2. The minimum Gasteiger partial charge on any atom is -0.876 e. The smallest absolute Gasteiger partial charge is 0.876 e. The van der Waals surface area contributed by atoms with Gasteiger partial charge >= 0.3 is 19.5 Å². The third-order valence-corrected chi connectivity index (χ3v) is 0.813. The van der Waals surface area contributed by atoms with Crippen molar-refractivity contribution >= 4 is 11.6 Å². The van der Waals surface area contributed by atoms with Gasteiger partial charge in [0, 0.05) is 0 Å². The number of hydrogen-bond donors (Lipinski definition) is 0. The van der Waals surface area contributed by atoms with Crippen LogP contribution in [0.4, 0.5) is 0 Å². The number of allylic oxidation sites excluding steroid dienone is 4. The fraction of sp³-hybridized carbons (Fsp3) is 0.400. The molecule has 0 radical (unpaired) electrons. The molecule has 16 heavy (non-hydrogen) atoms. The van der Waals surface area contributed by atoms with Gasteiger partial charge in [0.1, 0.15) is 0 Å². The quantitative estimate of drug-likeness (QED) is 0.361. The molecule has 0 spiro atoms. The van der Waals surface area contributed by atoms with Gasteiger partial charge in [0.15, 0.2) is 11.6 Å². The summed E-state index contributed by atoms with van der Waals surface area (Å²) in [5.74, 6) is -0.750. The van der Waals surface area contributed by atoms with Gasteiger partial charge in [0.2, 0.25) is 0 Å². The first-order chi connectivity index (χ1) is 6.25. The van der Waals surface area contributed by atoms with E-state index < -0.39 is 0 Å². The zero-order chi connectivity index (χ0) is 11.7. The summed E-state index contributed by atoms with van der Waals surface area (Å²) in [6.07, 6.45) is 2.11. The van der Waals surface area contributed by atoms with Crippen LogP contribution in [0.5, 0.6) is 0 Å². The number of hydrogen-bond acceptors (Lipinski definition) is 4. The molecule has 2 N–H and O–H groups in total. The topological polar surface area (TPSA) is 112 Å². The zero-order valence-corrected chi connectivity index (χ0v) is 13.0. The molecular formula is C10H16O5Zn. The predicted molar refractivity (Wildman–Crippen MR) is 52.5 cm³/mol. The Labute approximate surface area is 108 Å². The minimum absolute atomic E-state index is 0. The van der Waals surface area contributed by atoms with E-state index in [-0.39, 0.29) is 48.0 Å². The SMILES string of the molecule is CC(=O)C=C(C)[O-].CC(=O)C=C(C)[O-].O.[Zn+2]. The third kappa shape index (κ3) is 38.2.